The number of benzene rings is 3. The number of hydrogen-bond donors (Lipinski definition) is 1. The minimum Gasteiger partial charge on any atom is -0.493 e. The van der Waals surface area contributed by atoms with E-state index in [0.717, 1.165) is 35.3 Å². The molecule has 0 saturated heterocycles. The van der Waals surface area contributed by atoms with Crippen LogP contribution in [0.2, 0.25) is 0 Å². The highest BCUT2D eigenvalue weighted by molar-refractivity contribution is 7.16. The molecule has 1 atom stereocenters. The van der Waals surface area contributed by atoms with Crippen LogP contribution in [0.3, 0.4) is 0 Å². The van der Waals surface area contributed by atoms with Gasteiger partial charge in [0.2, 0.25) is 0 Å². The van der Waals surface area contributed by atoms with Gasteiger partial charge in [-0.05, 0) is 59.9 Å². The van der Waals surface area contributed by atoms with E-state index in [9.17, 15) is 14.9 Å². The number of amides is 1. The van der Waals surface area contributed by atoms with Gasteiger partial charge in [0.25, 0.3) is 11.6 Å². The highest BCUT2D eigenvalue weighted by Gasteiger charge is 2.34. The maximum Gasteiger partial charge on any atom is 0.282 e. The molecule has 0 spiro atoms. The van der Waals surface area contributed by atoms with E-state index in [1.807, 2.05) is 60.7 Å². The number of carbonyl (C=O) groups excluding carboxylic acids is 1. The summed E-state index contributed by atoms with van der Waals surface area (Å²) in [7, 11) is 1.49. The first-order valence-electron chi connectivity index (χ1n) is 14.2. The second-order valence-corrected chi connectivity index (χ2v) is 12.7. The molecule has 1 amide bonds. The standard InChI is InChI=1S/C34H35N3O5S/c1-34(2,3)24-15-16-26-30(18-24)43-33(31(26)32(38)36-25-13-9-6-10-14-25)35-20-23-17-28(41-4)29(19-27(23)37(39)40)42-21-22-11-7-5-8-12-22/h5-14,17,19-20,24H,15-16,18,21H2,1-4H3,(H,36,38)/t24-/m1/s1. The fraction of sp³-hybridized carbons (Fsp3) is 0.294. The largest absolute Gasteiger partial charge is 0.493 e. The first kappa shape index (κ1) is 30.0. The number of carbonyl (C=O) groups is 1. The minimum absolute atomic E-state index is 0.138. The quantitative estimate of drug-likeness (QED) is 0.119. The fourth-order valence-corrected chi connectivity index (χ4v) is 6.58. The maximum absolute atomic E-state index is 13.6. The molecule has 0 saturated carbocycles. The van der Waals surface area contributed by atoms with Crippen LogP contribution in [0.4, 0.5) is 16.4 Å². The van der Waals surface area contributed by atoms with E-state index in [0.29, 0.717) is 27.9 Å². The van der Waals surface area contributed by atoms with Crippen LogP contribution in [0.15, 0.2) is 77.8 Å². The molecule has 1 aromatic heterocycles. The Morgan fingerprint density at radius 3 is 2.44 bits per heavy atom. The van der Waals surface area contributed by atoms with Gasteiger partial charge in [0.05, 0.1) is 29.2 Å². The third kappa shape index (κ3) is 6.94. The number of anilines is 1. The van der Waals surface area contributed by atoms with Crippen LogP contribution in [0.1, 0.15) is 59.1 Å². The summed E-state index contributed by atoms with van der Waals surface area (Å²) in [6, 6.07) is 21.8. The number of methoxy groups -OCH3 is 1. The van der Waals surface area contributed by atoms with Crippen molar-refractivity contribution < 1.29 is 19.2 Å². The number of hydrogen-bond acceptors (Lipinski definition) is 7. The molecule has 1 heterocycles. The van der Waals surface area contributed by atoms with Crippen molar-refractivity contribution in [3.8, 4) is 11.5 Å². The Bertz CT molecular complexity index is 1640. The normalized spacial score (nSPS) is 14.7. The average molecular weight is 598 g/mol. The van der Waals surface area contributed by atoms with Crippen molar-refractivity contribution in [1.29, 1.82) is 0 Å². The third-order valence-electron chi connectivity index (χ3n) is 7.80. The van der Waals surface area contributed by atoms with Crippen LogP contribution in [-0.2, 0) is 19.4 Å². The first-order chi connectivity index (χ1) is 20.6. The zero-order chi connectivity index (χ0) is 30.6. The van der Waals surface area contributed by atoms with Gasteiger partial charge < -0.3 is 14.8 Å². The number of fused-ring (bicyclic) bond motifs is 1. The van der Waals surface area contributed by atoms with E-state index < -0.39 is 4.92 Å². The van der Waals surface area contributed by atoms with E-state index in [2.05, 4.69) is 26.1 Å². The molecule has 1 aliphatic carbocycles. The molecular weight excluding hydrogens is 562 g/mol. The molecule has 0 aliphatic heterocycles. The van der Waals surface area contributed by atoms with E-state index in [4.69, 9.17) is 14.5 Å². The summed E-state index contributed by atoms with van der Waals surface area (Å²) in [5, 5.41) is 15.7. The number of ether oxygens (including phenoxy) is 2. The fourth-order valence-electron chi connectivity index (χ4n) is 5.31. The first-order valence-corrected chi connectivity index (χ1v) is 15.0. The molecule has 3 aromatic carbocycles. The predicted octanol–water partition coefficient (Wildman–Crippen LogP) is 8.40. The predicted molar refractivity (Wildman–Crippen MR) is 171 cm³/mol. The Kier molecular flexibility index (Phi) is 8.92. The lowest BCUT2D eigenvalue weighted by atomic mass is 9.72. The SMILES string of the molecule is COc1cc(C=Nc2sc3c(c2C(=O)Nc2ccccc2)CC[C@@H](C(C)(C)C)C3)c([N+](=O)[O-])cc1OCc1ccccc1. The van der Waals surface area contributed by atoms with Crippen molar-refractivity contribution in [3.63, 3.8) is 0 Å². The van der Waals surface area contributed by atoms with Gasteiger partial charge in [0, 0.05) is 16.8 Å². The highest BCUT2D eigenvalue weighted by atomic mass is 32.1. The van der Waals surface area contributed by atoms with Gasteiger partial charge in [0.15, 0.2) is 11.5 Å². The summed E-state index contributed by atoms with van der Waals surface area (Å²) in [4.78, 5) is 31.1. The smallest absolute Gasteiger partial charge is 0.282 e. The number of nitrogens with one attached hydrogen (secondary N) is 1. The zero-order valence-electron chi connectivity index (χ0n) is 24.8. The summed E-state index contributed by atoms with van der Waals surface area (Å²) in [6.07, 6.45) is 4.07. The Morgan fingerprint density at radius 1 is 1.09 bits per heavy atom. The summed E-state index contributed by atoms with van der Waals surface area (Å²) >= 11 is 1.49. The maximum atomic E-state index is 13.6. The van der Waals surface area contributed by atoms with Gasteiger partial charge in [-0.3, -0.25) is 14.9 Å². The van der Waals surface area contributed by atoms with Crippen molar-refractivity contribution in [3.05, 3.63) is 110 Å². The molecule has 1 aliphatic rings. The van der Waals surface area contributed by atoms with Crippen LogP contribution >= 0.6 is 11.3 Å². The van der Waals surface area contributed by atoms with Crippen molar-refractivity contribution in [2.45, 2.75) is 46.6 Å². The number of aliphatic imine (C=N–C) groups is 1. The number of nitrogens with zero attached hydrogens (tertiary/aromatic N) is 2. The Labute approximate surface area is 255 Å². The van der Waals surface area contributed by atoms with Gasteiger partial charge in [-0.15, -0.1) is 11.3 Å². The van der Waals surface area contributed by atoms with E-state index in [1.54, 1.807) is 6.07 Å². The number of para-hydroxylation sites is 1. The molecule has 9 heteroatoms. The lowest BCUT2D eigenvalue weighted by Gasteiger charge is -2.33. The number of nitro benzene ring substituents is 1. The molecule has 0 unspecified atom stereocenters. The van der Waals surface area contributed by atoms with Gasteiger partial charge in [-0.2, -0.15) is 0 Å². The molecular formula is C34H35N3O5S. The van der Waals surface area contributed by atoms with Crippen LogP contribution in [0, 0.1) is 21.4 Å². The molecule has 0 bridgehead atoms. The van der Waals surface area contributed by atoms with Crippen molar-refractivity contribution in [1.82, 2.24) is 0 Å². The third-order valence-corrected chi connectivity index (χ3v) is 8.96. The Morgan fingerprint density at radius 2 is 1.79 bits per heavy atom. The summed E-state index contributed by atoms with van der Waals surface area (Å²) < 4.78 is 11.4. The second-order valence-electron chi connectivity index (χ2n) is 11.7. The van der Waals surface area contributed by atoms with Crippen LogP contribution in [-0.4, -0.2) is 24.2 Å². The Balaban J connectivity index is 1.50. The average Bonchev–Trinajstić information content (AvgIpc) is 3.37. The van der Waals surface area contributed by atoms with Crippen LogP contribution < -0.4 is 14.8 Å². The number of rotatable bonds is 9. The molecule has 0 radical (unpaired) electrons. The van der Waals surface area contributed by atoms with Gasteiger partial charge in [-0.1, -0.05) is 69.3 Å². The molecule has 1 N–H and O–H groups in total. The molecule has 43 heavy (non-hydrogen) atoms. The van der Waals surface area contributed by atoms with Crippen molar-refractivity contribution in [2.24, 2.45) is 16.3 Å². The number of nitro groups is 1. The molecule has 5 rings (SSSR count). The van der Waals surface area contributed by atoms with E-state index >= 15 is 0 Å². The lowest BCUT2D eigenvalue weighted by Crippen LogP contribution is -2.27. The van der Waals surface area contributed by atoms with E-state index in [1.165, 1.54) is 30.7 Å². The summed E-state index contributed by atoms with van der Waals surface area (Å²) in [6.45, 7) is 6.98. The second kappa shape index (κ2) is 12.8. The summed E-state index contributed by atoms with van der Waals surface area (Å²) in [5.41, 5.74) is 3.39. The monoisotopic (exact) mass is 597 g/mol. The molecule has 8 nitrogen and oxygen atoms in total. The van der Waals surface area contributed by atoms with Crippen LogP contribution in [0.5, 0.6) is 11.5 Å². The zero-order valence-corrected chi connectivity index (χ0v) is 25.6. The van der Waals surface area contributed by atoms with Gasteiger partial charge in [-0.25, -0.2) is 4.99 Å². The minimum atomic E-state index is -0.466. The lowest BCUT2D eigenvalue weighted by molar-refractivity contribution is -0.385. The topological polar surface area (TPSA) is 103 Å². The van der Waals surface area contributed by atoms with Crippen molar-refractivity contribution in [2.75, 3.05) is 12.4 Å². The van der Waals surface area contributed by atoms with Gasteiger partial charge >= 0.3 is 0 Å². The van der Waals surface area contributed by atoms with E-state index in [-0.39, 0.29) is 34.9 Å². The molecule has 0 fully saturated rings. The summed E-state index contributed by atoms with van der Waals surface area (Å²) in [5.74, 6) is 0.859. The van der Waals surface area contributed by atoms with Crippen molar-refractivity contribution >= 4 is 39.8 Å². The highest BCUT2D eigenvalue weighted by Crippen LogP contribution is 2.45. The molecule has 4 aromatic rings. The number of thiophene rings is 1. The Hall–Kier alpha value is -4.50. The molecule has 222 valence electrons. The van der Waals surface area contributed by atoms with Gasteiger partial charge in [0.1, 0.15) is 11.6 Å². The van der Waals surface area contributed by atoms with Crippen LogP contribution in [0.25, 0.3) is 0 Å².